The summed E-state index contributed by atoms with van der Waals surface area (Å²) in [6, 6.07) is 11.5. The van der Waals surface area contributed by atoms with Crippen molar-refractivity contribution >= 4 is 17.3 Å². The minimum absolute atomic E-state index is 0.0831. The van der Waals surface area contributed by atoms with Crippen molar-refractivity contribution < 1.29 is 4.79 Å². The summed E-state index contributed by atoms with van der Waals surface area (Å²) in [5.74, 6) is -0.0831. The van der Waals surface area contributed by atoms with Gasteiger partial charge in [-0.1, -0.05) is 26.0 Å². The number of aryl methyl sites for hydroxylation is 3. The van der Waals surface area contributed by atoms with Gasteiger partial charge in [0.1, 0.15) is 0 Å². The van der Waals surface area contributed by atoms with Gasteiger partial charge < -0.3 is 11.1 Å². The zero-order valence-electron chi connectivity index (χ0n) is 12.9. The van der Waals surface area contributed by atoms with Crippen LogP contribution in [0.1, 0.15) is 40.9 Å². The predicted octanol–water partition coefficient (Wildman–Crippen LogP) is 3.95. The molecule has 2 rings (SSSR count). The van der Waals surface area contributed by atoms with E-state index in [0.717, 1.165) is 35.3 Å². The van der Waals surface area contributed by atoms with Crippen molar-refractivity contribution in [3.63, 3.8) is 0 Å². The molecule has 21 heavy (non-hydrogen) atoms. The molecule has 0 aliphatic carbocycles. The van der Waals surface area contributed by atoms with Gasteiger partial charge in [-0.15, -0.1) is 0 Å². The Kier molecular flexibility index (Phi) is 4.63. The van der Waals surface area contributed by atoms with Crippen LogP contribution in [-0.4, -0.2) is 5.91 Å². The van der Waals surface area contributed by atoms with Crippen molar-refractivity contribution in [2.45, 2.75) is 33.6 Å². The van der Waals surface area contributed by atoms with Crippen LogP contribution in [0.4, 0.5) is 11.4 Å². The lowest BCUT2D eigenvalue weighted by Crippen LogP contribution is -2.14. The zero-order valence-corrected chi connectivity index (χ0v) is 12.9. The molecule has 3 N–H and O–H groups in total. The first kappa shape index (κ1) is 15.1. The second-order valence-corrected chi connectivity index (χ2v) is 5.23. The van der Waals surface area contributed by atoms with Gasteiger partial charge in [-0.25, -0.2) is 0 Å². The van der Waals surface area contributed by atoms with E-state index in [4.69, 9.17) is 5.73 Å². The molecule has 110 valence electrons. The van der Waals surface area contributed by atoms with E-state index in [-0.39, 0.29) is 5.91 Å². The van der Waals surface area contributed by atoms with E-state index in [9.17, 15) is 4.79 Å². The number of anilines is 2. The van der Waals surface area contributed by atoms with E-state index >= 15 is 0 Å². The van der Waals surface area contributed by atoms with Crippen molar-refractivity contribution in [3.05, 3.63) is 58.7 Å². The number of hydrogen-bond donors (Lipinski definition) is 2. The maximum atomic E-state index is 12.4. The molecule has 0 bridgehead atoms. The van der Waals surface area contributed by atoms with Gasteiger partial charge in [-0.2, -0.15) is 0 Å². The summed E-state index contributed by atoms with van der Waals surface area (Å²) in [4.78, 5) is 12.4. The Hall–Kier alpha value is -2.29. The number of amides is 1. The fourth-order valence-electron chi connectivity index (χ4n) is 2.43. The van der Waals surface area contributed by atoms with Crippen molar-refractivity contribution in [3.8, 4) is 0 Å². The van der Waals surface area contributed by atoms with Crippen molar-refractivity contribution in [2.75, 3.05) is 11.1 Å². The molecular weight excluding hydrogens is 260 g/mol. The van der Waals surface area contributed by atoms with Crippen LogP contribution in [0, 0.1) is 6.92 Å². The molecule has 1 amide bonds. The number of rotatable bonds is 4. The third-order valence-corrected chi connectivity index (χ3v) is 3.68. The van der Waals surface area contributed by atoms with Gasteiger partial charge in [0.05, 0.1) is 0 Å². The monoisotopic (exact) mass is 282 g/mol. The Bertz CT molecular complexity index is 645. The Morgan fingerprint density at radius 2 is 1.76 bits per heavy atom. The van der Waals surface area contributed by atoms with Gasteiger partial charge in [-0.05, 0) is 60.7 Å². The van der Waals surface area contributed by atoms with Gasteiger partial charge in [0.15, 0.2) is 0 Å². The minimum Gasteiger partial charge on any atom is -0.399 e. The molecular formula is C18H22N2O. The second-order valence-electron chi connectivity index (χ2n) is 5.23. The molecule has 0 unspecified atom stereocenters. The van der Waals surface area contributed by atoms with E-state index in [1.54, 1.807) is 0 Å². The first-order chi connectivity index (χ1) is 10.0. The summed E-state index contributed by atoms with van der Waals surface area (Å²) in [7, 11) is 0. The normalized spacial score (nSPS) is 10.4. The number of nitrogen functional groups attached to an aromatic ring is 1. The highest BCUT2D eigenvalue weighted by molar-refractivity contribution is 6.05. The van der Waals surface area contributed by atoms with Crippen LogP contribution in [0.3, 0.4) is 0 Å². The number of benzene rings is 2. The van der Waals surface area contributed by atoms with Crippen LogP contribution < -0.4 is 11.1 Å². The van der Waals surface area contributed by atoms with Crippen LogP contribution >= 0.6 is 0 Å². The predicted molar refractivity (Wildman–Crippen MR) is 88.7 cm³/mol. The first-order valence-corrected chi connectivity index (χ1v) is 7.34. The first-order valence-electron chi connectivity index (χ1n) is 7.34. The lowest BCUT2D eigenvalue weighted by atomic mass is 10.0. The molecule has 0 saturated heterocycles. The highest BCUT2D eigenvalue weighted by Gasteiger charge is 2.11. The molecule has 0 heterocycles. The number of hydrogen-bond acceptors (Lipinski definition) is 2. The quantitative estimate of drug-likeness (QED) is 0.834. The standard InChI is InChI=1S/C18H22N2O/c1-4-13-6-8-15(9-7-13)18(21)20-17-12(3)10-16(19)11-14(17)5-2/h6-11H,4-5,19H2,1-3H3,(H,20,21). The van der Waals surface area contributed by atoms with Crippen molar-refractivity contribution in [2.24, 2.45) is 0 Å². The average Bonchev–Trinajstić information content (AvgIpc) is 2.49. The van der Waals surface area contributed by atoms with Gasteiger partial charge in [-0.3, -0.25) is 4.79 Å². The summed E-state index contributed by atoms with van der Waals surface area (Å²) < 4.78 is 0. The van der Waals surface area contributed by atoms with Crippen LogP contribution in [0.2, 0.25) is 0 Å². The molecule has 0 fully saturated rings. The highest BCUT2D eigenvalue weighted by Crippen LogP contribution is 2.25. The third kappa shape index (κ3) is 3.43. The Balaban J connectivity index is 2.26. The summed E-state index contributed by atoms with van der Waals surface area (Å²) in [6.07, 6.45) is 1.80. The zero-order chi connectivity index (χ0) is 15.4. The van der Waals surface area contributed by atoms with E-state index < -0.39 is 0 Å². The molecule has 2 aromatic rings. The third-order valence-electron chi connectivity index (χ3n) is 3.68. The number of nitrogens with two attached hydrogens (primary N) is 1. The molecule has 0 saturated carbocycles. The molecule has 3 heteroatoms. The molecule has 0 aliphatic rings. The van der Waals surface area contributed by atoms with Crippen molar-refractivity contribution in [1.82, 2.24) is 0 Å². The summed E-state index contributed by atoms with van der Waals surface area (Å²) in [5.41, 5.74) is 11.4. The van der Waals surface area contributed by atoms with Gasteiger partial charge in [0, 0.05) is 16.9 Å². The van der Waals surface area contributed by atoms with E-state index in [1.165, 1.54) is 5.56 Å². The fraction of sp³-hybridized carbons (Fsp3) is 0.278. The Morgan fingerprint density at radius 3 is 2.33 bits per heavy atom. The van der Waals surface area contributed by atoms with Crippen LogP contribution in [0.25, 0.3) is 0 Å². The number of carbonyl (C=O) groups is 1. The van der Waals surface area contributed by atoms with E-state index in [0.29, 0.717) is 5.56 Å². The molecule has 3 nitrogen and oxygen atoms in total. The average molecular weight is 282 g/mol. The highest BCUT2D eigenvalue weighted by atomic mass is 16.1. The number of carbonyl (C=O) groups excluding carboxylic acids is 1. The molecule has 0 aliphatic heterocycles. The number of nitrogens with one attached hydrogen (secondary N) is 1. The van der Waals surface area contributed by atoms with E-state index in [2.05, 4.69) is 19.2 Å². The Morgan fingerprint density at radius 1 is 1.10 bits per heavy atom. The van der Waals surface area contributed by atoms with Crippen molar-refractivity contribution in [1.29, 1.82) is 0 Å². The van der Waals surface area contributed by atoms with Crippen LogP contribution in [0.15, 0.2) is 36.4 Å². The van der Waals surface area contributed by atoms with Gasteiger partial charge in [0.25, 0.3) is 5.91 Å². The second kappa shape index (κ2) is 6.44. The van der Waals surface area contributed by atoms with Gasteiger partial charge >= 0.3 is 0 Å². The minimum atomic E-state index is -0.0831. The maximum absolute atomic E-state index is 12.4. The lowest BCUT2D eigenvalue weighted by molar-refractivity contribution is 0.102. The summed E-state index contributed by atoms with van der Waals surface area (Å²) in [6.45, 7) is 6.12. The smallest absolute Gasteiger partial charge is 0.255 e. The topological polar surface area (TPSA) is 55.1 Å². The van der Waals surface area contributed by atoms with Crippen LogP contribution in [0.5, 0.6) is 0 Å². The summed E-state index contributed by atoms with van der Waals surface area (Å²) in [5, 5.41) is 3.02. The van der Waals surface area contributed by atoms with Crippen LogP contribution in [-0.2, 0) is 12.8 Å². The molecule has 0 spiro atoms. The lowest BCUT2D eigenvalue weighted by Gasteiger charge is -2.14. The Labute approximate surface area is 126 Å². The molecule has 0 aromatic heterocycles. The van der Waals surface area contributed by atoms with Gasteiger partial charge in [0.2, 0.25) is 0 Å². The molecule has 0 atom stereocenters. The fourth-order valence-corrected chi connectivity index (χ4v) is 2.43. The molecule has 0 radical (unpaired) electrons. The molecule has 2 aromatic carbocycles. The van der Waals surface area contributed by atoms with E-state index in [1.807, 2.05) is 43.3 Å². The maximum Gasteiger partial charge on any atom is 0.255 e. The largest absolute Gasteiger partial charge is 0.399 e. The summed E-state index contributed by atoms with van der Waals surface area (Å²) >= 11 is 0. The SMILES string of the molecule is CCc1ccc(C(=O)Nc2c(C)cc(N)cc2CC)cc1.